The van der Waals surface area contributed by atoms with Gasteiger partial charge in [-0.25, -0.2) is 0 Å². The van der Waals surface area contributed by atoms with Crippen LogP contribution < -0.4 is 0 Å². The van der Waals surface area contributed by atoms with Gasteiger partial charge in [-0.1, -0.05) is 47.6 Å². The van der Waals surface area contributed by atoms with E-state index < -0.39 is 0 Å². The number of hydrogen-bond donors (Lipinski definition) is 0. The van der Waals surface area contributed by atoms with Gasteiger partial charge in [0.15, 0.2) is 0 Å². The van der Waals surface area contributed by atoms with E-state index in [0.717, 1.165) is 11.3 Å². The van der Waals surface area contributed by atoms with Crippen molar-refractivity contribution in [1.29, 1.82) is 0 Å². The maximum atomic E-state index is 5.41. The van der Waals surface area contributed by atoms with Crippen molar-refractivity contribution in [2.45, 2.75) is 13.3 Å². The van der Waals surface area contributed by atoms with E-state index in [-0.39, 0.29) is 0 Å². The first kappa shape index (κ1) is 13.6. The number of pyridine rings is 1. The Bertz CT molecular complexity index is 952. The smallest absolute Gasteiger partial charge is 0.231 e. The minimum absolute atomic E-state index is 0.577. The summed E-state index contributed by atoms with van der Waals surface area (Å²) >= 11 is 0. The normalized spacial score (nSPS) is 11.0. The minimum Gasteiger partial charge on any atom is -0.339 e. The van der Waals surface area contributed by atoms with E-state index in [1.807, 2.05) is 31.2 Å². The Kier molecular flexibility index (Phi) is 3.35. The van der Waals surface area contributed by atoms with Gasteiger partial charge in [-0.15, -0.1) is 0 Å². The molecular formula is C19H15N3O. The van der Waals surface area contributed by atoms with Crippen LogP contribution in [0.4, 0.5) is 0 Å². The second kappa shape index (κ2) is 5.65. The number of aromatic nitrogens is 3. The number of nitrogens with zero attached hydrogens (tertiary/aromatic N) is 3. The lowest BCUT2D eigenvalue weighted by Crippen LogP contribution is -1.90. The molecule has 0 fully saturated rings. The quantitative estimate of drug-likeness (QED) is 0.569. The lowest BCUT2D eigenvalue weighted by molar-refractivity contribution is 0.386. The highest BCUT2D eigenvalue weighted by atomic mass is 16.5. The minimum atomic E-state index is 0.577. The van der Waals surface area contributed by atoms with E-state index >= 15 is 0 Å². The molecule has 2 aromatic heterocycles. The van der Waals surface area contributed by atoms with Crippen molar-refractivity contribution in [2.24, 2.45) is 0 Å². The van der Waals surface area contributed by atoms with Crippen molar-refractivity contribution in [2.75, 3.05) is 0 Å². The SMILES string of the molecule is Cc1ccc(-c2noc(Cc3cccc4ccccc34)n2)cn1. The molecule has 2 aromatic carbocycles. The molecule has 2 heterocycles. The molecule has 23 heavy (non-hydrogen) atoms. The molecule has 0 unspecified atom stereocenters. The summed E-state index contributed by atoms with van der Waals surface area (Å²) in [6.07, 6.45) is 2.38. The van der Waals surface area contributed by atoms with Gasteiger partial charge in [-0.05, 0) is 35.4 Å². The summed E-state index contributed by atoms with van der Waals surface area (Å²) in [5.74, 6) is 1.18. The van der Waals surface area contributed by atoms with E-state index in [9.17, 15) is 0 Å². The van der Waals surface area contributed by atoms with Crippen LogP contribution in [0.25, 0.3) is 22.2 Å². The molecule has 0 radical (unpaired) electrons. The standard InChI is InChI=1S/C19H15N3O/c1-13-9-10-16(12-20-13)19-21-18(23-22-19)11-15-7-4-6-14-5-2-3-8-17(14)15/h2-10,12H,11H2,1H3. The Morgan fingerprint density at radius 2 is 1.83 bits per heavy atom. The Balaban J connectivity index is 1.66. The molecule has 0 saturated carbocycles. The maximum Gasteiger partial charge on any atom is 0.231 e. The van der Waals surface area contributed by atoms with Gasteiger partial charge in [-0.2, -0.15) is 4.98 Å². The summed E-state index contributed by atoms with van der Waals surface area (Å²) in [6.45, 7) is 1.95. The topological polar surface area (TPSA) is 51.8 Å². The van der Waals surface area contributed by atoms with Crippen molar-refractivity contribution < 1.29 is 4.52 Å². The fourth-order valence-corrected chi connectivity index (χ4v) is 2.65. The van der Waals surface area contributed by atoms with Gasteiger partial charge in [0.2, 0.25) is 11.7 Å². The van der Waals surface area contributed by atoms with Crippen molar-refractivity contribution in [3.05, 3.63) is 77.9 Å². The van der Waals surface area contributed by atoms with Crippen LogP contribution in [0.15, 0.2) is 65.3 Å². The molecule has 0 amide bonds. The molecule has 0 spiro atoms. The van der Waals surface area contributed by atoms with E-state index in [2.05, 4.69) is 45.5 Å². The summed E-state index contributed by atoms with van der Waals surface area (Å²) in [5.41, 5.74) is 3.01. The average molecular weight is 301 g/mol. The largest absolute Gasteiger partial charge is 0.339 e. The van der Waals surface area contributed by atoms with E-state index in [1.165, 1.54) is 16.3 Å². The summed E-state index contributed by atoms with van der Waals surface area (Å²) in [4.78, 5) is 8.76. The molecule has 0 saturated heterocycles. The van der Waals surface area contributed by atoms with Crippen LogP contribution in [-0.2, 0) is 6.42 Å². The number of rotatable bonds is 3. The molecule has 112 valence electrons. The molecule has 4 nitrogen and oxygen atoms in total. The van der Waals surface area contributed by atoms with Crippen LogP contribution >= 0.6 is 0 Å². The number of aryl methyl sites for hydroxylation is 1. The molecule has 4 rings (SSSR count). The predicted molar refractivity (Wildman–Crippen MR) is 89.0 cm³/mol. The Morgan fingerprint density at radius 1 is 0.957 bits per heavy atom. The molecule has 0 aliphatic heterocycles. The van der Waals surface area contributed by atoms with Gasteiger partial charge >= 0.3 is 0 Å². The third-order valence-electron chi connectivity index (χ3n) is 3.86. The molecule has 0 atom stereocenters. The maximum absolute atomic E-state index is 5.41. The lowest BCUT2D eigenvalue weighted by atomic mass is 10.0. The number of benzene rings is 2. The summed E-state index contributed by atoms with van der Waals surface area (Å²) in [6, 6.07) is 18.5. The first-order chi connectivity index (χ1) is 11.3. The van der Waals surface area contributed by atoms with Gasteiger partial charge in [0.1, 0.15) is 0 Å². The Hall–Kier alpha value is -3.01. The molecule has 0 aliphatic rings. The molecule has 0 bridgehead atoms. The second-order valence-corrected chi connectivity index (χ2v) is 5.52. The van der Waals surface area contributed by atoms with Gasteiger partial charge in [0.25, 0.3) is 0 Å². The summed E-state index contributed by atoms with van der Waals surface area (Å²) in [5, 5.41) is 6.50. The van der Waals surface area contributed by atoms with Gasteiger partial charge in [0.05, 0.1) is 6.42 Å². The Morgan fingerprint density at radius 3 is 2.70 bits per heavy atom. The second-order valence-electron chi connectivity index (χ2n) is 5.52. The molecular weight excluding hydrogens is 286 g/mol. The van der Waals surface area contributed by atoms with Crippen LogP contribution in [0, 0.1) is 6.92 Å². The van der Waals surface area contributed by atoms with E-state index in [4.69, 9.17) is 4.52 Å². The van der Waals surface area contributed by atoms with E-state index in [0.29, 0.717) is 18.1 Å². The van der Waals surface area contributed by atoms with Crippen molar-refractivity contribution >= 4 is 10.8 Å². The van der Waals surface area contributed by atoms with Crippen LogP contribution in [-0.4, -0.2) is 15.1 Å². The molecule has 4 aromatic rings. The highest BCUT2D eigenvalue weighted by molar-refractivity contribution is 5.85. The van der Waals surface area contributed by atoms with Crippen LogP contribution in [0.2, 0.25) is 0 Å². The van der Waals surface area contributed by atoms with Gasteiger partial charge < -0.3 is 4.52 Å². The van der Waals surface area contributed by atoms with Gasteiger partial charge in [-0.3, -0.25) is 4.98 Å². The molecule has 0 N–H and O–H groups in total. The lowest BCUT2D eigenvalue weighted by Gasteiger charge is -2.03. The first-order valence-electron chi connectivity index (χ1n) is 7.52. The fourth-order valence-electron chi connectivity index (χ4n) is 2.65. The zero-order chi connectivity index (χ0) is 15.6. The summed E-state index contributed by atoms with van der Waals surface area (Å²) in [7, 11) is 0. The number of fused-ring (bicyclic) bond motifs is 1. The van der Waals surface area contributed by atoms with Crippen LogP contribution in [0.1, 0.15) is 17.1 Å². The van der Waals surface area contributed by atoms with Crippen molar-refractivity contribution in [3.63, 3.8) is 0 Å². The fraction of sp³-hybridized carbons (Fsp3) is 0.105. The van der Waals surface area contributed by atoms with Crippen LogP contribution in [0.5, 0.6) is 0 Å². The zero-order valence-corrected chi connectivity index (χ0v) is 12.7. The van der Waals surface area contributed by atoms with Crippen molar-refractivity contribution in [1.82, 2.24) is 15.1 Å². The number of hydrogen-bond acceptors (Lipinski definition) is 4. The monoisotopic (exact) mass is 301 g/mol. The first-order valence-corrected chi connectivity index (χ1v) is 7.52. The molecule has 0 aliphatic carbocycles. The van der Waals surface area contributed by atoms with Crippen LogP contribution in [0.3, 0.4) is 0 Å². The molecule has 4 heteroatoms. The third kappa shape index (κ3) is 2.71. The van der Waals surface area contributed by atoms with Crippen molar-refractivity contribution in [3.8, 4) is 11.4 Å². The third-order valence-corrected chi connectivity index (χ3v) is 3.86. The van der Waals surface area contributed by atoms with Gasteiger partial charge in [0, 0.05) is 17.5 Å². The summed E-state index contributed by atoms with van der Waals surface area (Å²) < 4.78 is 5.41. The predicted octanol–water partition coefficient (Wildman–Crippen LogP) is 4.18. The van der Waals surface area contributed by atoms with E-state index in [1.54, 1.807) is 6.20 Å². The highest BCUT2D eigenvalue weighted by Crippen LogP contribution is 2.22. The highest BCUT2D eigenvalue weighted by Gasteiger charge is 2.11. The Labute approximate surface area is 133 Å². The zero-order valence-electron chi connectivity index (χ0n) is 12.7. The average Bonchev–Trinajstić information content (AvgIpc) is 3.04.